The Bertz CT molecular complexity index is 360. The second kappa shape index (κ2) is 3.61. The van der Waals surface area contributed by atoms with Crippen LogP contribution in [0.4, 0.5) is 0 Å². The van der Waals surface area contributed by atoms with Crippen LogP contribution in [0.15, 0.2) is 30.4 Å². The van der Waals surface area contributed by atoms with Gasteiger partial charge in [0.1, 0.15) is 0 Å². The van der Waals surface area contributed by atoms with Crippen LogP contribution in [0.5, 0.6) is 0 Å². The summed E-state index contributed by atoms with van der Waals surface area (Å²) in [6.07, 6.45) is 3.85. The molecule has 2 rings (SSSR count). The Kier molecular flexibility index (Phi) is 2.45. The van der Waals surface area contributed by atoms with Gasteiger partial charge in [-0.3, -0.25) is 0 Å². The second-order valence-electron chi connectivity index (χ2n) is 4.49. The van der Waals surface area contributed by atoms with Crippen molar-refractivity contribution in [3.05, 3.63) is 47.0 Å². The molecule has 14 heavy (non-hydrogen) atoms. The average molecular weight is 186 g/mol. The van der Waals surface area contributed by atoms with E-state index in [0.29, 0.717) is 5.92 Å². The predicted octanol–water partition coefficient (Wildman–Crippen LogP) is 3.99. The number of benzene rings is 1. The van der Waals surface area contributed by atoms with Crippen molar-refractivity contribution in [1.82, 2.24) is 0 Å². The molecular formula is C14H18. The maximum Gasteiger partial charge on any atom is 0.00455 e. The van der Waals surface area contributed by atoms with Gasteiger partial charge in [-0.1, -0.05) is 35.9 Å². The third kappa shape index (κ3) is 1.61. The molecule has 0 aromatic heterocycles. The number of rotatable bonds is 1. The second-order valence-corrected chi connectivity index (χ2v) is 4.49. The Morgan fingerprint density at radius 1 is 1.43 bits per heavy atom. The van der Waals surface area contributed by atoms with Crippen LogP contribution in [0.2, 0.25) is 0 Å². The zero-order chi connectivity index (χ0) is 10.1. The first-order valence-electron chi connectivity index (χ1n) is 5.43. The van der Waals surface area contributed by atoms with Crippen molar-refractivity contribution in [1.29, 1.82) is 0 Å². The van der Waals surface area contributed by atoms with E-state index in [0.717, 1.165) is 0 Å². The van der Waals surface area contributed by atoms with Crippen molar-refractivity contribution >= 4 is 0 Å². The van der Waals surface area contributed by atoms with E-state index in [1.54, 1.807) is 5.56 Å². The first kappa shape index (κ1) is 9.51. The SMILES string of the molecule is C=C(C)C1CCCc2cc(C)ccc21. The van der Waals surface area contributed by atoms with E-state index in [-0.39, 0.29) is 0 Å². The third-order valence-electron chi connectivity index (χ3n) is 3.21. The van der Waals surface area contributed by atoms with Crippen molar-refractivity contribution in [2.45, 2.75) is 39.0 Å². The molecular weight excluding hydrogens is 168 g/mol. The monoisotopic (exact) mass is 186 g/mol. The molecule has 0 aliphatic heterocycles. The van der Waals surface area contributed by atoms with Crippen LogP contribution < -0.4 is 0 Å². The molecule has 1 aromatic rings. The Morgan fingerprint density at radius 2 is 2.21 bits per heavy atom. The Hall–Kier alpha value is -1.04. The number of allylic oxidation sites excluding steroid dienone is 1. The highest BCUT2D eigenvalue weighted by Gasteiger charge is 2.20. The Morgan fingerprint density at radius 3 is 2.93 bits per heavy atom. The van der Waals surface area contributed by atoms with E-state index in [1.165, 1.54) is 36.0 Å². The lowest BCUT2D eigenvalue weighted by Gasteiger charge is -2.26. The summed E-state index contributed by atoms with van der Waals surface area (Å²) in [4.78, 5) is 0. The summed E-state index contributed by atoms with van der Waals surface area (Å²) in [5.74, 6) is 0.611. The van der Waals surface area contributed by atoms with Gasteiger partial charge in [0.25, 0.3) is 0 Å². The summed E-state index contributed by atoms with van der Waals surface area (Å²) in [5.41, 5.74) is 5.76. The van der Waals surface area contributed by atoms with E-state index < -0.39 is 0 Å². The molecule has 1 aliphatic rings. The van der Waals surface area contributed by atoms with Crippen molar-refractivity contribution in [3.8, 4) is 0 Å². The van der Waals surface area contributed by atoms with E-state index in [1.807, 2.05) is 0 Å². The van der Waals surface area contributed by atoms with Gasteiger partial charge in [-0.15, -0.1) is 0 Å². The van der Waals surface area contributed by atoms with Crippen LogP contribution in [0, 0.1) is 6.92 Å². The lowest BCUT2D eigenvalue weighted by atomic mass is 9.79. The smallest absolute Gasteiger partial charge is 0.00455 e. The molecule has 0 bridgehead atoms. The molecule has 1 unspecified atom stereocenters. The average Bonchev–Trinajstić information content (AvgIpc) is 2.16. The highest BCUT2D eigenvalue weighted by atomic mass is 14.2. The summed E-state index contributed by atoms with van der Waals surface area (Å²) >= 11 is 0. The van der Waals surface area contributed by atoms with Crippen molar-refractivity contribution in [3.63, 3.8) is 0 Å². The summed E-state index contributed by atoms with van der Waals surface area (Å²) in [5, 5.41) is 0. The Labute approximate surface area is 86.7 Å². The highest BCUT2D eigenvalue weighted by molar-refractivity contribution is 5.39. The topological polar surface area (TPSA) is 0 Å². The normalized spacial score (nSPS) is 20.3. The molecule has 0 nitrogen and oxygen atoms in total. The Balaban J connectivity index is 2.44. The molecule has 1 atom stereocenters. The number of hydrogen-bond donors (Lipinski definition) is 0. The molecule has 0 heteroatoms. The van der Waals surface area contributed by atoms with Crippen LogP contribution in [0.1, 0.15) is 42.4 Å². The molecule has 0 N–H and O–H groups in total. The van der Waals surface area contributed by atoms with Crippen LogP contribution in [-0.2, 0) is 6.42 Å². The molecule has 0 saturated heterocycles. The lowest BCUT2D eigenvalue weighted by Crippen LogP contribution is -2.10. The van der Waals surface area contributed by atoms with Crippen LogP contribution in [0.3, 0.4) is 0 Å². The maximum absolute atomic E-state index is 4.10. The number of fused-ring (bicyclic) bond motifs is 1. The van der Waals surface area contributed by atoms with E-state index in [4.69, 9.17) is 0 Å². The van der Waals surface area contributed by atoms with E-state index in [9.17, 15) is 0 Å². The molecule has 0 amide bonds. The lowest BCUT2D eigenvalue weighted by molar-refractivity contribution is 0.608. The third-order valence-corrected chi connectivity index (χ3v) is 3.21. The quantitative estimate of drug-likeness (QED) is 0.582. The zero-order valence-corrected chi connectivity index (χ0v) is 9.14. The number of aryl methyl sites for hydroxylation is 2. The fourth-order valence-corrected chi connectivity index (χ4v) is 2.45. The van der Waals surface area contributed by atoms with E-state index >= 15 is 0 Å². The summed E-state index contributed by atoms with van der Waals surface area (Å²) in [6.45, 7) is 8.42. The van der Waals surface area contributed by atoms with Gasteiger partial charge in [0, 0.05) is 5.92 Å². The molecule has 0 heterocycles. The van der Waals surface area contributed by atoms with Gasteiger partial charge in [-0.2, -0.15) is 0 Å². The molecule has 0 spiro atoms. The minimum atomic E-state index is 0.611. The molecule has 1 aromatic carbocycles. The predicted molar refractivity (Wildman–Crippen MR) is 61.7 cm³/mol. The zero-order valence-electron chi connectivity index (χ0n) is 9.14. The molecule has 74 valence electrons. The van der Waals surface area contributed by atoms with Gasteiger partial charge < -0.3 is 0 Å². The van der Waals surface area contributed by atoms with E-state index in [2.05, 4.69) is 38.6 Å². The highest BCUT2D eigenvalue weighted by Crippen LogP contribution is 2.36. The van der Waals surface area contributed by atoms with Gasteiger partial charge in [-0.25, -0.2) is 0 Å². The van der Waals surface area contributed by atoms with Crippen molar-refractivity contribution in [2.75, 3.05) is 0 Å². The summed E-state index contributed by atoms with van der Waals surface area (Å²) in [6, 6.07) is 6.85. The van der Waals surface area contributed by atoms with Crippen LogP contribution in [-0.4, -0.2) is 0 Å². The standard InChI is InChI=1S/C14H18/c1-10(2)13-6-4-5-12-9-11(3)7-8-14(12)13/h7-9,13H,1,4-6H2,2-3H3. The largest absolute Gasteiger partial charge is 0.0995 e. The molecule has 0 saturated carbocycles. The molecule has 0 radical (unpaired) electrons. The molecule has 0 fully saturated rings. The van der Waals surface area contributed by atoms with Gasteiger partial charge in [0.05, 0.1) is 0 Å². The van der Waals surface area contributed by atoms with Crippen molar-refractivity contribution in [2.24, 2.45) is 0 Å². The fraction of sp³-hybridized carbons (Fsp3) is 0.429. The molecule has 1 aliphatic carbocycles. The van der Waals surface area contributed by atoms with Gasteiger partial charge in [-0.05, 0) is 44.2 Å². The van der Waals surface area contributed by atoms with Crippen molar-refractivity contribution < 1.29 is 0 Å². The van der Waals surface area contributed by atoms with Gasteiger partial charge >= 0.3 is 0 Å². The first-order valence-corrected chi connectivity index (χ1v) is 5.43. The summed E-state index contributed by atoms with van der Waals surface area (Å²) < 4.78 is 0. The number of hydrogen-bond acceptors (Lipinski definition) is 0. The van der Waals surface area contributed by atoms with Gasteiger partial charge in [0.15, 0.2) is 0 Å². The fourth-order valence-electron chi connectivity index (χ4n) is 2.45. The summed E-state index contributed by atoms with van der Waals surface area (Å²) in [7, 11) is 0. The van der Waals surface area contributed by atoms with Crippen LogP contribution >= 0.6 is 0 Å². The minimum absolute atomic E-state index is 0.611. The maximum atomic E-state index is 4.10. The minimum Gasteiger partial charge on any atom is -0.0995 e. The first-order chi connectivity index (χ1) is 6.68. The van der Waals surface area contributed by atoms with Crippen LogP contribution in [0.25, 0.3) is 0 Å². The van der Waals surface area contributed by atoms with Gasteiger partial charge in [0.2, 0.25) is 0 Å².